The van der Waals surface area contributed by atoms with Crippen LogP contribution in [0.15, 0.2) is 11.6 Å². The Morgan fingerprint density at radius 1 is 1.21 bits per heavy atom. The molecule has 4 rings (SSSR count). The molecular weight excluding hydrogens is 473 g/mol. The Labute approximate surface area is 201 Å². The van der Waals surface area contributed by atoms with E-state index in [1.165, 1.54) is 11.8 Å². The van der Waals surface area contributed by atoms with E-state index in [-0.39, 0.29) is 42.8 Å². The highest BCUT2D eigenvalue weighted by Crippen LogP contribution is 2.68. The van der Waals surface area contributed by atoms with Crippen molar-refractivity contribution in [2.75, 3.05) is 12.2 Å². The van der Waals surface area contributed by atoms with Crippen LogP contribution in [-0.2, 0) is 23.9 Å². The summed E-state index contributed by atoms with van der Waals surface area (Å²) in [7, 11) is 0. The lowest BCUT2D eigenvalue weighted by molar-refractivity contribution is -0.229. The fourth-order valence-corrected chi connectivity index (χ4v) is 7.76. The Morgan fingerprint density at radius 3 is 2.56 bits per heavy atom. The lowest BCUT2D eigenvalue weighted by Crippen LogP contribution is -2.62. The number of carbonyl (C=O) groups is 3. The summed E-state index contributed by atoms with van der Waals surface area (Å²) in [6, 6.07) is 0. The van der Waals surface area contributed by atoms with Crippen LogP contribution in [0.25, 0.3) is 0 Å². The number of hydrogen-bond donors (Lipinski definition) is 1. The number of ketones is 1. The molecule has 34 heavy (non-hydrogen) atoms. The molecule has 0 aliphatic heterocycles. The van der Waals surface area contributed by atoms with Gasteiger partial charge >= 0.3 is 18.1 Å². The third-order valence-corrected chi connectivity index (χ3v) is 9.52. The number of thioether (sulfide) groups is 1. The van der Waals surface area contributed by atoms with Crippen molar-refractivity contribution < 1.29 is 42.1 Å². The molecule has 0 heterocycles. The van der Waals surface area contributed by atoms with E-state index >= 15 is 0 Å². The maximum Gasteiger partial charge on any atom is 0.490 e. The maximum absolute atomic E-state index is 13.2. The number of allylic oxidation sites excluding steroid dienone is 1. The maximum atomic E-state index is 13.2. The van der Waals surface area contributed by atoms with Crippen LogP contribution in [0, 0.1) is 28.6 Å². The Bertz CT molecular complexity index is 919. The van der Waals surface area contributed by atoms with Gasteiger partial charge in [0.1, 0.15) is 12.0 Å². The second-order valence-corrected chi connectivity index (χ2v) is 11.5. The summed E-state index contributed by atoms with van der Waals surface area (Å²) in [5.41, 5.74) is -2.67. The summed E-state index contributed by atoms with van der Waals surface area (Å²) in [6.45, 7) is 3.67. The van der Waals surface area contributed by atoms with Gasteiger partial charge in [0.25, 0.3) is 0 Å². The highest BCUT2D eigenvalue weighted by molar-refractivity contribution is 7.98. The van der Waals surface area contributed by atoms with Gasteiger partial charge in [-0.2, -0.15) is 13.2 Å². The Balaban J connectivity index is 1.76. The van der Waals surface area contributed by atoms with Crippen molar-refractivity contribution in [3.8, 4) is 0 Å². The number of aliphatic hydroxyl groups is 1. The highest BCUT2D eigenvalue weighted by Gasteiger charge is 2.70. The van der Waals surface area contributed by atoms with Crippen molar-refractivity contribution in [3.63, 3.8) is 0 Å². The Hall–Kier alpha value is -1.55. The average molecular weight is 505 g/mol. The zero-order chi connectivity index (χ0) is 25.1. The molecule has 190 valence electrons. The van der Waals surface area contributed by atoms with E-state index in [1.807, 2.05) is 6.92 Å². The number of fused-ring (bicyclic) bond motifs is 5. The van der Waals surface area contributed by atoms with Gasteiger partial charge in [-0.25, -0.2) is 9.59 Å². The normalized spacial score (nSPS) is 41.6. The number of esters is 2. The third-order valence-electron chi connectivity index (χ3n) is 9.16. The molecule has 3 fully saturated rings. The molecule has 3 saturated carbocycles. The quantitative estimate of drug-likeness (QED) is 0.453. The zero-order valence-corrected chi connectivity index (χ0v) is 20.4. The van der Waals surface area contributed by atoms with Crippen molar-refractivity contribution in [2.45, 2.75) is 76.7 Å². The molecule has 0 spiro atoms. The molecule has 0 radical (unpaired) electrons. The van der Waals surface area contributed by atoms with Crippen molar-refractivity contribution >= 4 is 29.5 Å². The van der Waals surface area contributed by atoms with E-state index in [4.69, 9.17) is 9.47 Å². The molecule has 4 aliphatic rings. The summed E-state index contributed by atoms with van der Waals surface area (Å²) in [5.74, 6) is -3.74. The minimum Gasteiger partial charge on any atom is -0.455 e. The SMILES string of the molecule is CSCOC(=O)[C@@]1(O)CC[C@H]2[C@@H]3CCC4=CC(=O)CC[C@]4(C)[C@H]3[C@@H](OC(=O)C(F)(F)F)C[C@@]21C. The summed E-state index contributed by atoms with van der Waals surface area (Å²) in [5, 5.41) is 11.6. The van der Waals surface area contributed by atoms with E-state index < -0.39 is 46.6 Å². The molecule has 0 unspecified atom stereocenters. The second kappa shape index (κ2) is 8.54. The molecule has 0 saturated heterocycles. The second-order valence-electron chi connectivity index (χ2n) is 10.7. The number of alkyl halides is 3. The number of ether oxygens (including phenoxy) is 2. The first kappa shape index (κ1) is 25.5. The summed E-state index contributed by atoms with van der Waals surface area (Å²) in [4.78, 5) is 37.0. The van der Waals surface area contributed by atoms with Crippen LogP contribution in [0.4, 0.5) is 13.2 Å². The van der Waals surface area contributed by atoms with Crippen molar-refractivity contribution in [1.29, 1.82) is 0 Å². The Kier molecular flexibility index (Phi) is 6.41. The zero-order valence-electron chi connectivity index (χ0n) is 19.6. The first-order valence-corrected chi connectivity index (χ1v) is 13.1. The van der Waals surface area contributed by atoms with Crippen molar-refractivity contribution in [1.82, 2.24) is 0 Å². The van der Waals surface area contributed by atoms with Gasteiger partial charge < -0.3 is 14.6 Å². The molecule has 0 aromatic rings. The molecule has 7 atom stereocenters. The first-order chi connectivity index (χ1) is 15.8. The molecule has 10 heteroatoms. The van der Waals surface area contributed by atoms with Crippen molar-refractivity contribution in [2.24, 2.45) is 28.6 Å². The van der Waals surface area contributed by atoms with Crippen LogP contribution < -0.4 is 0 Å². The summed E-state index contributed by atoms with van der Waals surface area (Å²) in [6.07, 6.45) is -0.397. The third kappa shape index (κ3) is 3.79. The van der Waals surface area contributed by atoms with Gasteiger partial charge in [0.2, 0.25) is 0 Å². The van der Waals surface area contributed by atoms with E-state index in [0.717, 1.165) is 5.57 Å². The molecule has 6 nitrogen and oxygen atoms in total. The molecule has 4 aliphatic carbocycles. The molecule has 0 aromatic heterocycles. The van der Waals surface area contributed by atoms with Gasteiger partial charge in [-0.05, 0) is 68.1 Å². The highest BCUT2D eigenvalue weighted by atomic mass is 32.2. The van der Waals surface area contributed by atoms with Gasteiger partial charge in [0, 0.05) is 17.8 Å². The predicted molar refractivity (Wildman–Crippen MR) is 117 cm³/mol. The first-order valence-electron chi connectivity index (χ1n) is 11.7. The number of rotatable bonds is 4. The molecule has 1 N–H and O–H groups in total. The molecule has 0 aromatic carbocycles. The van der Waals surface area contributed by atoms with Gasteiger partial charge in [0.15, 0.2) is 11.4 Å². The van der Waals surface area contributed by atoms with E-state index in [2.05, 4.69) is 0 Å². The number of carbonyl (C=O) groups excluding carboxylic acids is 3. The standard InChI is InChI=1S/C24H31F3O6S/c1-21-8-6-14(28)10-13(21)4-5-15-16-7-9-23(31,19(29)32-12-34-3)22(16,2)11-17(18(15)21)33-20(30)24(25,26)27/h10,15-18,31H,4-9,11-12H2,1-3H3/t15-,16-,17-,18+,21-,22-,23-/m0/s1. The van der Waals surface area contributed by atoms with E-state index in [9.17, 15) is 32.7 Å². The topological polar surface area (TPSA) is 89.9 Å². The predicted octanol–water partition coefficient (Wildman–Crippen LogP) is 4.20. The van der Waals surface area contributed by atoms with Gasteiger partial charge in [-0.1, -0.05) is 19.4 Å². The average Bonchev–Trinajstić information content (AvgIpc) is 3.03. The summed E-state index contributed by atoms with van der Waals surface area (Å²) < 4.78 is 50.1. The van der Waals surface area contributed by atoms with Crippen LogP contribution in [0.3, 0.4) is 0 Å². The molecule has 0 bridgehead atoms. The lowest BCUT2D eigenvalue weighted by atomic mass is 9.45. The van der Waals surface area contributed by atoms with Crippen molar-refractivity contribution in [3.05, 3.63) is 11.6 Å². The van der Waals surface area contributed by atoms with E-state index in [0.29, 0.717) is 25.7 Å². The lowest BCUT2D eigenvalue weighted by Gasteiger charge is -2.60. The molecular formula is C24H31F3O6S. The minimum absolute atomic E-state index is 0.00203. The van der Waals surface area contributed by atoms with E-state index in [1.54, 1.807) is 19.3 Å². The van der Waals surface area contributed by atoms with Crippen LogP contribution in [0.5, 0.6) is 0 Å². The van der Waals surface area contributed by atoms with Gasteiger partial charge in [0.05, 0.1) is 0 Å². The fourth-order valence-electron chi connectivity index (χ4n) is 7.54. The van der Waals surface area contributed by atoms with Crippen LogP contribution in [-0.4, -0.2) is 52.9 Å². The Morgan fingerprint density at radius 2 is 1.91 bits per heavy atom. The largest absolute Gasteiger partial charge is 0.490 e. The van der Waals surface area contributed by atoms with Crippen LogP contribution in [0.2, 0.25) is 0 Å². The van der Waals surface area contributed by atoms with Gasteiger partial charge in [-0.3, -0.25) is 4.79 Å². The monoisotopic (exact) mass is 504 g/mol. The number of halogens is 3. The smallest absolute Gasteiger partial charge is 0.455 e. The number of hydrogen-bond acceptors (Lipinski definition) is 7. The van der Waals surface area contributed by atoms with Gasteiger partial charge in [-0.15, -0.1) is 11.8 Å². The summed E-state index contributed by atoms with van der Waals surface area (Å²) >= 11 is 1.28. The van der Waals surface area contributed by atoms with Crippen LogP contribution >= 0.6 is 11.8 Å². The fraction of sp³-hybridized carbons (Fsp3) is 0.792. The molecule has 0 amide bonds. The van der Waals surface area contributed by atoms with Crippen LogP contribution in [0.1, 0.15) is 58.8 Å². The minimum atomic E-state index is -5.16.